The van der Waals surface area contributed by atoms with Crippen molar-refractivity contribution in [3.8, 4) is 0 Å². The highest BCUT2D eigenvalue weighted by atomic mass is 16.7. The first-order valence-corrected chi connectivity index (χ1v) is 2.71. The molecule has 8 heavy (non-hydrogen) atoms. The lowest BCUT2D eigenvalue weighted by Gasteiger charge is -2.02. The van der Waals surface area contributed by atoms with E-state index in [-0.39, 0.29) is 19.0 Å². The Hall–Kier alpha value is -0.120. The lowest BCUT2D eigenvalue weighted by molar-refractivity contribution is -0.0853. The van der Waals surface area contributed by atoms with Gasteiger partial charge in [0.05, 0.1) is 19.3 Å². The highest BCUT2D eigenvalue weighted by Gasteiger charge is 2.20. The van der Waals surface area contributed by atoms with Crippen LogP contribution in [0.4, 0.5) is 0 Å². The van der Waals surface area contributed by atoms with Crippen LogP contribution in [0.3, 0.4) is 0 Å². The number of aliphatic hydroxyl groups excluding tert-OH is 1. The fraction of sp³-hybridized carbons (Fsp3) is 1.00. The van der Waals surface area contributed by atoms with Crippen molar-refractivity contribution in [2.45, 2.75) is 19.3 Å². The van der Waals surface area contributed by atoms with Gasteiger partial charge in [0.2, 0.25) is 0 Å². The van der Waals surface area contributed by atoms with Crippen LogP contribution in [-0.4, -0.2) is 30.7 Å². The van der Waals surface area contributed by atoms with Crippen LogP contribution in [0.1, 0.15) is 6.92 Å². The Labute approximate surface area is 48.2 Å². The third-order valence-corrected chi connectivity index (χ3v) is 1.05. The number of ether oxygens (including phenoxy) is 2. The molecule has 48 valence electrons. The second-order valence-electron chi connectivity index (χ2n) is 1.89. The van der Waals surface area contributed by atoms with Gasteiger partial charge in [0.1, 0.15) is 0 Å². The minimum Gasteiger partial charge on any atom is -0.391 e. The minimum atomic E-state index is -0.370. The van der Waals surface area contributed by atoms with Gasteiger partial charge in [-0.25, -0.2) is 0 Å². The second-order valence-corrected chi connectivity index (χ2v) is 1.89. The van der Waals surface area contributed by atoms with E-state index in [9.17, 15) is 0 Å². The Morgan fingerprint density at radius 2 is 2.50 bits per heavy atom. The number of hydrogen-bond donors (Lipinski definition) is 1. The van der Waals surface area contributed by atoms with Gasteiger partial charge in [-0.1, -0.05) is 0 Å². The number of hydrogen-bond acceptors (Lipinski definition) is 3. The SMILES string of the molecule is C[C@@H]1COC(CO)O1. The highest BCUT2D eigenvalue weighted by Crippen LogP contribution is 2.08. The largest absolute Gasteiger partial charge is 0.391 e. The summed E-state index contributed by atoms with van der Waals surface area (Å²) in [6.45, 7) is 2.48. The molecule has 1 fully saturated rings. The van der Waals surface area contributed by atoms with E-state index in [4.69, 9.17) is 14.6 Å². The van der Waals surface area contributed by atoms with Crippen molar-refractivity contribution in [1.82, 2.24) is 0 Å². The maximum atomic E-state index is 8.43. The molecule has 1 saturated heterocycles. The Morgan fingerprint density at radius 3 is 2.75 bits per heavy atom. The fourth-order valence-corrected chi connectivity index (χ4v) is 0.676. The molecule has 0 aromatic carbocycles. The van der Waals surface area contributed by atoms with E-state index in [0.29, 0.717) is 6.61 Å². The summed E-state index contributed by atoms with van der Waals surface area (Å²) >= 11 is 0. The van der Waals surface area contributed by atoms with Crippen LogP contribution < -0.4 is 0 Å². The zero-order valence-electron chi connectivity index (χ0n) is 4.83. The molecule has 0 saturated carbocycles. The third kappa shape index (κ3) is 1.18. The van der Waals surface area contributed by atoms with E-state index in [0.717, 1.165) is 0 Å². The van der Waals surface area contributed by atoms with Crippen molar-refractivity contribution >= 4 is 0 Å². The fourth-order valence-electron chi connectivity index (χ4n) is 0.676. The van der Waals surface area contributed by atoms with Gasteiger partial charge >= 0.3 is 0 Å². The zero-order chi connectivity index (χ0) is 5.98. The average Bonchev–Trinajstić information content (AvgIpc) is 2.14. The van der Waals surface area contributed by atoms with Crippen LogP contribution in [0, 0.1) is 0 Å². The zero-order valence-corrected chi connectivity index (χ0v) is 4.83. The lowest BCUT2D eigenvalue weighted by Crippen LogP contribution is -2.13. The normalized spacial score (nSPS) is 38.2. The number of rotatable bonds is 1. The third-order valence-electron chi connectivity index (χ3n) is 1.05. The molecule has 0 radical (unpaired) electrons. The van der Waals surface area contributed by atoms with Crippen molar-refractivity contribution in [1.29, 1.82) is 0 Å². The molecule has 0 aromatic rings. The molecular weight excluding hydrogens is 108 g/mol. The van der Waals surface area contributed by atoms with Gasteiger partial charge < -0.3 is 14.6 Å². The first-order chi connectivity index (χ1) is 3.83. The van der Waals surface area contributed by atoms with Gasteiger partial charge in [-0.3, -0.25) is 0 Å². The molecule has 0 aromatic heterocycles. The van der Waals surface area contributed by atoms with Gasteiger partial charge in [-0.2, -0.15) is 0 Å². The van der Waals surface area contributed by atoms with Crippen LogP contribution in [0.25, 0.3) is 0 Å². The van der Waals surface area contributed by atoms with Gasteiger partial charge in [-0.05, 0) is 6.92 Å². The molecule has 3 nitrogen and oxygen atoms in total. The minimum absolute atomic E-state index is 0.0374. The van der Waals surface area contributed by atoms with E-state index < -0.39 is 0 Å². The molecule has 3 heteroatoms. The Kier molecular flexibility index (Phi) is 1.83. The van der Waals surface area contributed by atoms with Crippen molar-refractivity contribution < 1.29 is 14.6 Å². The second kappa shape index (κ2) is 2.44. The van der Waals surface area contributed by atoms with Crippen molar-refractivity contribution in [2.24, 2.45) is 0 Å². The van der Waals surface area contributed by atoms with E-state index >= 15 is 0 Å². The van der Waals surface area contributed by atoms with Crippen molar-refractivity contribution in [3.05, 3.63) is 0 Å². The molecule has 1 N–H and O–H groups in total. The predicted octanol–water partition coefficient (Wildman–Crippen LogP) is -0.260. The van der Waals surface area contributed by atoms with E-state index in [1.54, 1.807) is 0 Å². The van der Waals surface area contributed by atoms with Crippen molar-refractivity contribution in [3.63, 3.8) is 0 Å². The summed E-state index contributed by atoms with van der Waals surface area (Å²) in [4.78, 5) is 0. The van der Waals surface area contributed by atoms with Gasteiger partial charge in [0.25, 0.3) is 0 Å². The summed E-state index contributed by atoms with van der Waals surface area (Å²) in [5.41, 5.74) is 0. The maximum absolute atomic E-state index is 8.43. The molecule has 1 heterocycles. The van der Waals surface area contributed by atoms with Gasteiger partial charge in [0, 0.05) is 0 Å². The average molecular weight is 118 g/mol. The van der Waals surface area contributed by atoms with Crippen molar-refractivity contribution in [2.75, 3.05) is 13.2 Å². The maximum Gasteiger partial charge on any atom is 0.181 e. The smallest absolute Gasteiger partial charge is 0.181 e. The van der Waals surface area contributed by atoms with E-state index in [1.165, 1.54) is 0 Å². The monoisotopic (exact) mass is 118 g/mol. The summed E-state index contributed by atoms with van der Waals surface area (Å²) < 4.78 is 9.98. The lowest BCUT2D eigenvalue weighted by atomic mass is 10.5. The Morgan fingerprint density at radius 1 is 1.75 bits per heavy atom. The summed E-state index contributed by atoms with van der Waals surface area (Å²) in [7, 11) is 0. The molecule has 1 aliphatic rings. The predicted molar refractivity (Wildman–Crippen MR) is 27.4 cm³/mol. The first kappa shape index (κ1) is 6.01. The van der Waals surface area contributed by atoms with Crippen LogP contribution in [0.15, 0.2) is 0 Å². The summed E-state index contributed by atoms with van der Waals surface area (Å²) in [6.07, 6.45) is -0.225. The summed E-state index contributed by atoms with van der Waals surface area (Å²) in [5, 5.41) is 8.43. The van der Waals surface area contributed by atoms with Crippen LogP contribution in [-0.2, 0) is 9.47 Å². The quantitative estimate of drug-likeness (QED) is 0.515. The molecule has 1 unspecified atom stereocenters. The van der Waals surface area contributed by atoms with E-state index in [1.807, 2.05) is 6.92 Å². The highest BCUT2D eigenvalue weighted by molar-refractivity contribution is 4.57. The van der Waals surface area contributed by atoms with E-state index in [2.05, 4.69) is 0 Å². The van der Waals surface area contributed by atoms with Crippen LogP contribution in [0.5, 0.6) is 0 Å². The molecule has 0 spiro atoms. The topological polar surface area (TPSA) is 38.7 Å². The molecule has 0 bridgehead atoms. The van der Waals surface area contributed by atoms with Crippen LogP contribution >= 0.6 is 0 Å². The Balaban J connectivity index is 2.22. The molecular formula is C5H10O3. The van der Waals surface area contributed by atoms with Gasteiger partial charge in [-0.15, -0.1) is 0 Å². The molecule has 0 aliphatic carbocycles. The number of aliphatic hydroxyl groups is 1. The summed E-state index contributed by atoms with van der Waals surface area (Å²) in [6, 6.07) is 0. The van der Waals surface area contributed by atoms with Crippen LogP contribution in [0.2, 0.25) is 0 Å². The summed E-state index contributed by atoms with van der Waals surface area (Å²) in [5.74, 6) is 0. The molecule has 2 atom stereocenters. The standard InChI is InChI=1S/C5H10O3/c1-4-3-7-5(2-6)8-4/h4-6H,2-3H2,1H3/t4-,5?/m1/s1. The molecule has 0 amide bonds. The first-order valence-electron chi connectivity index (χ1n) is 2.71. The Bertz CT molecular complexity index is 74.1. The van der Waals surface area contributed by atoms with Gasteiger partial charge in [0.15, 0.2) is 6.29 Å². The molecule has 1 rings (SSSR count). The molecule has 1 aliphatic heterocycles.